The lowest BCUT2D eigenvalue weighted by atomic mass is 9.64. The molecule has 2 N–H and O–H groups in total. The van der Waals surface area contributed by atoms with E-state index in [1.54, 1.807) is 0 Å². The highest BCUT2D eigenvalue weighted by Gasteiger charge is 2.45. The van der Waals surface area contributed by atoms with E-state index in [1.165, 1.54) is 12.8 Å². The van der Waals surface area contributed by atoms with Crippen LogP contribution in [0, 0.1) is 5.92 Å². The van der Waals surface area contributed by atoms with Crippen LogP contribution in [0.15, 0.2) is 30.3 Å². The van der Waals surface area contributed by atoms with Gasteiger partial charge in [-0.25, -0.2) is 0 Å². The molecular weight excluding hydrogens is 262 g/mol. The van der Waals surface area contributed by atoms with E-state index >= 15 is 0 Å². The van der Waals surface area contributed by atoms with Crippen LogP contribution in [0.5, 0.6) is 0 Å². The largest absolute Gasteiger partial charge is 0.391 e. The Balaban J connectivity index is 1.61. The molecule has 0 heterocycles. The molecule has 0 bridgehead atoms. The van der Waals surface area contributed by atoms with E-state index in [0.717, 1.165) is 37.7 Å². The molecule has 114 valence electrons. The monoisotopic (exact) mass is 287 g/mol. The first-order valence-electron chi connectivity index (χ1n) is 8.24. The maximum atomic E-state index is 12.6. The lowest BCUT2D eigenvalue weighted by Gasteiger charge is -2.41. The Bertz CT molecular complexity index is 475. The molecule has 2 saturated carbocycles. The molecule has 21 heavy (non-hydrogen) atoms. The van der Waals surface area contributed by atoms with E-state index in [9.17, 15) is 9.90 Å². The molecule has 1 aromatic rings. The minimum Gasteiger partial charge on any atom is -0.391 e. The number of hydrogen-bond donors (Lipinski definition) is 2. The summed E-state index contributed by atoms with van der Waals surface area (Å²) >= 11 is 0. The van der Waals surface area contributed by atoms with E-state index in [2.05, 4.69) is 5.32 Å². The first-order chi connectivity index (χ1) is 10.2. The van der Waals surface area contributed by atoms with Gasteiger partial charge in [-0.1, -0.05) is 49.6 Å². The Labute approximate surface area is 126 Å². The molecule has 2 fully saturated rings. The van der Waals surface area contributed by atoms with Crippen LogP contribution in [-0.4, -0.2) is 23.7 Å². The van der Waals surface area contributed by atoms with Crippen molar-refractivity contribution < 1.29 is 9.90 Å². The number of carbonyl (C=O) groups is 1. The molecule has 0 saturated heterocycles. The summed E-state index contributed by atoms with van der Waals surface area (Å²) in [7, 11) is 0. The number of nitrogens with one attached hydrogen (secondary N) is 1. The van der Waals surface area contributed by atoms with E-state index in [-0.39, 0.29) is 17.4 Å². The minimum absolute atomic E-state index is 0.0944. The fraction of sp³-hybridized carbons (Fsp3) is 0.611. The standard InChI is InChI=1S/C18H25NO2/c20-16(14-7-4-5-8-14)13-19-17(21)18(11-6-12-18)15-9-2-1-3-10-15/h1-3,9-10,14,16,20H,4-8,11-13H2,(H,19,21). The average molecular weight is 287 g/mol. The SMILES string of the molecule is O=C(NCC(O)C1CCCC1)C1(c2ccccc2)CCC1. The summed E-state index contributed by atoms with van der Waals surface area (Å²) in [5.41, 5.74) is 0.764. The number of hydrogen-bond acceptors (Lipinski definition) is 2. The first kappa shape index (κ1) is 14.6. The molecule has 1 amide bonds. The minimum atomic E-state index is -0.385. The van der Waals surface area contributed by atoms with Crippen LogP contribution >= 0.6 is 0 Å². The zero-order chi connectivity index (χ0) is 14.7. The molecular formula is C18H25NO2. The lowest BCUT2D eigenvalue weighted by Crippen LogP contribution is -2.51. The number of rotatable bonds is 5. The van der Waals surface area contributed by atoms with E-state index in [0.29, 0.717) is 12.5 Å². The van der Waals surface area contributed by atoms with Gasteiger partial charge in [-0.3, -0.25) is 4.79 Å². The van der Waals surface area contributed by atoms with Crippen LogP contribution in [0.2, 0.25) is 0 Å². The van der Waals surface area contributed by atoms with Crippen molar-refractivity contribution in [2.75, 3.05) is 6.54 Å². The van der Waals surface area contributed by atoms with Crippen LogP contribution < -0.4 is 5.32 Å². The topological polar surface area (TPSA) is 49.3 Å². The molecule has 3 heteroatoms. The highest BCUT2D eigenvalue weighted by Crippen LogP contribution is 2.43. The van der Waals surface area contributed by atoms with Crippen molar-refractivity contribution in [1.29, 1.82) is 0 Å². The summed E-state index contributed by atoms with van der Waals surface area (Å²) in [5, 5.41) is 13.2. The summed E-state index contributed by atoms with van der Waals surface area (Å²) in [4.78, 5) is 12.6. The van der Waals surface area contributed by atoms with Gasteiger partial charge >= 0.3 is 0 Å². The van der Waals surface area contributed by atoms with Gasteiger partial charge in [-0.05, 0) is 37.2 Å². The normalized spacial score (nSPS) is 22.5. The van der Waals surface area contributed by atoms with Crippen molar-refractivity contribution in [1.82, 2.24) is 5.32 Å². The summed E-state index contributed by atoms with van der Waals surface area (Å²) in [5.74, 6) is 0.469. The van der Waals surface area contributed by atoms with Gasteiger partial charge in [0.2, 0.25) is 5.91 Å². The maximum absolute atomic E-state index is 12.6. The summed E-state index contributed by atoms with van der Waals surface area (Å²) in [6.45, 7) is 0.401. The highest BCUT2D eigenvalue weighted by atomic mass is 16.3. The molecule has 2 aliphatic carbocycles. The van der Waals surface area contributed by atoms with Crippen LogP contribution in [0.3, 0.4) is 0 Å². The number of aliphatic hydroxyl groups excluding tert-OH is 1. The van der Waals surface area contributed by atoms with Crippen molar-refractivity contribution in [3.63, 3.8) is 0 Å². The third kappa shape index (κ3) is 2.84. The Morgan fingerprint density at radius 1 is 1.19 bits per heavy atom. The third-order valence-corrected chi connectivity index (χ3v) is 5.38. The Hall–Kier alpha value is -1.35. The van der Waals surface area contributed by atoms with Gasteiger partial charge in [-0.15, -0.1) is 0 Å². The molecule has 0 spiro atoms. The van der Waals surface area contributed by atoms with Crippen molar-refractivity contribution in [3.05, 3.63) is 35.9 Å². The zero-order valence-electron chi connectivity index (χ0n) is 12.6. The second-order valence-corrected chi connectivity index (χ2v) is 6.62. The fourth-order valence-corrected chi connectivity index (χ4v) is 3.81. The van der Waals surface area contributed by atoms with Gasteiger partial charge in [0, 0.05) is 6.54 Å². The molecule has 0 aliphatic heterocycles. The van der Waals surface area contributed by atoms with Gasteiger partial charge < -0.3 is 10.4 Å². The second kappa shape index (κ2) is 6.18. The highest BCUT2D eigenvalue weighted by molar-refractivity contribution is 5.89. The van der Waals surface area contributed by atoms with Crippen LogP contribution in [0.1, 0.15) is 50.5 Å². The molecule has 1 unspecified atom stereocenters. The first-order valence-corrected chi connectivity index (χ1v) is 8.24. The zero-order valence-corrected chi connectivity index (χ0v) is 12.6. The second-order valence-electron chi connectivity index (χ2n) is 6.62. The quantitative estimate of drug-likeness (QED) is 0.875. The summed E-state index contributed by atoms with van der Waals surface area (Å²) < 4.78 is 0. The molecule has 0 radical (unpaired) electrons. The van der Waals surface area contributed by atoms with Crippen LogP contribution in [0.4, 0.5) is 0 Å². The molecule has 2 aliphatic rings. The van der Waals surface area contributed by atoms with E-state index in [4.69, 9.17) is 0 Å². The lowest BCUT2D eigenvalue weighted by molar-refractivity contribution is -0.130. The van der Waals surface area contributed by atoms with Gasteiger partial charge in [0.05, 0.1) is 11.5 Å². The van der Waals surface area contributed by atoms with Crippen LogP contribution in [0.25, 0.3) is 0 Å². The maximum Gasteiger partial charge on any atom is 0.230 e. The Morgan fingerprint density at radius 2 is 1.86 bits per heavy atom. The van der Waals surface area contributed by atoms with Gasteiger partial charge in [0.15, 0.2) is 0 Å². The van der Waals surface area contributed by atoms with E-state index < -0.39 is 0 Å². The number of amides is 1. The molecule has 1 atom stereocenters. The molecule has 1 aromatic carbocycles. The number of carbonyl (C=O) groups excluding carboxylic acids is 1. The average Bonchev–Trinajstić information content (AvgIpc) is 2.99. The Kier molecular flexibility index (Phi) is 4.29. The Morgan fingerprint density at radius 3 is 2.43 bits per heavy atom. The van der Waals surface area contributed by atoms with Crippen molar-refractivity contribution >= 4 is 5.91 Å². The van der Waals surface area contributed by atoms with E-state index in [1.807, 2.05) is 30.3 Å². The fourth-order valence-electron chi connectivity index (χ4n) is 3.81. The smallest absolute Gasteiger partial charge is 0.230 e. The molecule has 3 nitrogen and oxygen atoms in total. The van der Waals surface area contributed by atoms with Crippen LogP contribution in [-0.2, 0) is 10.2 Å². The van der Waals surface area contributed by atoms with Crippen molar-refractivity contribution in [2.24, 2.45) is 5.92 Å². The summed E-state index contributed by atoms with van der Waals surface area (Å²) in [6.07, 6.45) is 7.18. The summed E-state index contributed by atoms with van der Waals surface area (Å²) in [6, 6.07) is 10.1. The van der Waals surface area contributed by atoms with Gasteiger partial charge in [0.1, 0.15) is 0 Å². The van der Waals surface area contributed by atoms with Gasteiger partial charge in [0.25, 0.3) is 0 Å². The van der Waals surface area contributed by atoms with Crippen molar-refractivity contribution in [2.45, 2.75) is 56.5 Å². The number of aliphatic hydroxyl groups is 1. The predicted molar refractivity (Wildman–Crippen MR) is 82.9 cm³/mol. The molecule has 3 rings (SSSR count). The van der Waals surface area contributed by atoms with Gasteiger partial charge in [-0.2, -0.15) is 0 Å². The predicted octanol–water partition coefficient (Wildman–Crippen LogP) is 2.78. The molecule has 0 aromatic heterocycles. The van der Waals surface area contributed by atoms with Crippen molar-refractivity contribution in [3.8, 4) is 0 Å². The third-order valence-electron chi connectivity index (χ3n) is 5.38. The number of benzene rings is 1.